The van der Waals surface area contributed by atoms with Crippen molar-refractivity contribution in [3.63, 3.8) is 0 Å². The van der Waals surface area contributed by atoms with Crippen molar-refractivity contribution in [1.29, 1.82) is 0 Å². The van der Waals surface area contributed by atoms with Crippen LogP contribution in [0, 0.1) is 16.0 Å². The van der Waals surface area contributed by atoms with Crippen LogP contribution in [0.1, 0.15) is 29.8 Å². The number of nitrogens with one attached hydrogen (secondary N) is 1. The van der Waals surface area contributed by atoms with Gasteiger partial charge in [0.2, 0.25) is 5.91 Å². The number of nitrogens with zero attached hydrogens (tertiary/aromatic N) is 2. The van der Waals surface area contributed by atoms with Crippen molar-refractivity contribution in [3.8, 4) is 0 Å². The first kappa shape index (κ1) is 22.6. The molecule has 7 nitrogen and oxygen atoms in total. The van der Waals surface area contributed by atoms with E-state index >= 15 is 0 Å². The second-order valence-electron chi connectivity index (χ2n) is 6.90. The summed E-state index contributed by atoms with van der Waals surface area (Å²) in [5.74, 6) is -1.06. The van der Waals surface area contributed by atoms with Crippen molar-refractivity contribution in [2.45, 2.75) is 26.4 Å². The van der Waals surface area contributed by atoms with E-state index in [1.165, 1.54) is 17.0 Å². The quantitative estimate of drug-likeness (QED) is 0.515. The molecule has 0 heterocycles. The fourth-order valence-electron chi connectivity index (χ4n) is 2.73. The fraction of sp³-hybridized carbons (Fsp3) is 0.300. The molecule has 0 aliphatic rings. The summed E-state index contributed by atoms with van der Waals surface area (Å²) in [5.41, 5.74) is 0.629. The summed E-state index contributed by atoms with van der Waals surface area (Å²) < 4.78 is 0. The predicted octanol–water partition coefficient (Wildman–Crippen LogP) is 4.31. The number of nitro benzene ring substituents is 1. The summed E-state index contributed by atoms with van der Waals surface area (Å²) in [6.45, 7) is 3.91. The summed E-state index contributed by atoms with van der Waals surface area (Å²) in [5, 5.41) is 14.0. The lowest BCUT2D eigenvalue weighted by atomic mass is 10.0. The lowest BCUT2D eigenvalue weighted by Gasteiger charge is -2.27. The van der Waals surface area contributed by atoms with E-state index < -0.39 is 16.9 Å². The highest BCUT2D eigenvalue weighted by Crippen LogP contribution is 2.23. The Morgan fingerprint density at radius 2 is 1.79 bits per heavy atom. The zero-order valence-corrected chi connectivity index (χ0v) is 17.7. The normalized spacial score (nSPS) is 11.8. The number of halogens is 2. The highest BCUT2D eigenvalue weighted by molar-refractivity contribution is 6.34. The molecule has 0 aliphatic carbocycles. The van der Waals surface area contributed by atoms with Crippen LogP contribution in [-0.4, -0.2) is 34.7 Å². The summed E-state index contributed by atoms with van der Waals surface area (Å²) >= 11 is 12.2. The Kier molecular flexibility index (Phi) is 7.59. The molecule has 1 unspecified atom stereocenters. The molecular formula is C20H21Cl2N3O4. The monoisotopic (exact) mass is 437 g/mol. The lowest BCUT2D eigenvalue weighted by Crippen LogP contribution is -2.50. The van der Waals surface area contributed by atoms with Gasteiger partial charge in [-0.2, -0.15) is 0 Å². The van der Waals surface area contributed by atoms with E-state index in [2.05, 4.69) is 5.32 Å². The third kappa shape index (κ3) is 5.68. The first-order chi connectivity index (χ1) is 13.6. The molecule has 0 spiro atoms. The number of nitro groups is 1. The Hall–Kier alpha value is -2.64. The number of carbonyl (C=O) groups excluding carboxylic acids is 2. The van der Waals surface area contributed by atoms with E-state index in [9.17, 15) is 19.7 Å². The molecule has 0 aliphatic heterocycles. The highest BCUT2D eigenvalue weighted by atomic mass is 35.5. The number of rotatable bonds is 7. The fourth-order valence-corrected chi connectivity index (χ4v) is 3.19. The molecule has 2 amide bonds. The van der Waals surface area contributed by atoms with Gasteiger partial charge in [-0.15, -0.1) is 0 Å². The molecule has 0 saturated heterocycles. The zero-order chi connectivity index (χ0) is 21.7. The maximum atomic E-state index is 12.9. The number of hydrogen-bond donors (Lipinski definition) is 1. The molecule has 9 heteroatoms. The summed E-state index contributed by atoms with van der Waals surface area (Å²) in [4.78, 5) is 37.3. The number of carbonyl (C=O) groups is 2. The van der Waals surface area contributed by atoms with Gasteiger partial charge in [0.1, 0.15) is 6.04 Å². The number of likely N-dealkylation sites (N-methyl/N-ethyl adjacent to an activating group) is 1. The third-order valence-corrected chi connectivity index (χ3v) is 5.05. The predicted molar refractivity (Wildman–Crippen MR) is 112 cm³/mol. The SMILES string of the molecule is CC(C)C(NC(=O)c1ccc([N+](=O)[O-])cc1Cl)C(=O)N(C)Cc1ccccc1Cl. The number of non-ortho nitro benzene ring substituents is 1. The number of benzene rings is 2. The van der Waals surface area contributed by atoms with E-state index in [0.29, 0.717) is 5.02 Å². The molecule has 2 rings (SSSR count). The molecule has 154 valence electrons. The van der Waals surface area contributed by atoms with Crippen LogP contribution in [0.2, 0.25) is 10.0 Å². The smallest absolute Gasteiger partial charge is 0.270 e. The van der Waals surface area contributed by atoms with Crippen LogP contribution in [0.5, 0.6) is 0 Å². The van der Waals surface area contributed by atoms with E-state index in [1.54, 1.807) is 19.2 Å². The maximum absolute atomic E-state index is 12.9. The van der Waals surface area contributed by atoms with Crippen LogP contribution in [0.15, 0.2) is 42.5 Å². The van der Waals surface area contributed by atoms with E-state index in [0.717, 1.165) is 11.6 Å². The molecule has 0 fully saturated rings. The minimum atomic E-state index is -0.804. The Labute approximate surface area is 178 Å². The van der Waals surface area contributed by atoms with Crippen LogP contribution in [0.3, 0.4) is 0 Å². The van der Waals surface area contributed by atoms with Crippen molar-refractivity contribution >= 4 is 40.7 Å². The molecule has 1 atom stereocenters. The van der Waals surface area contributed by atoms with Gasteiger partial charge in [-0.05, 0) is 23.6 Å². The molecule has 29 heavy (non-hydrogen) atoms. The largest absolute Gasteiger partial charge is 0.340 e. The Morgan fingerprint density at radius 1 is 1.14 bits per heavy atom. The van der Waals surface area contributed by atoms with Gasteiger partial charge < -0.3 is 10.2 Å². The van der Waals surface area contributed by atoms with Crippen LogP contribution >= 0.6 is 23.2 Å². The van der Waals surface area contributed by atoms with Gasteiger partial charge in [0, 0.05) is 30.7 Å². The summed E-state index contributed by atoms with van der Waals surface area (Å²) in [7, 11) is 1.63. The Bertz CT molecular complexity index is 934. The second-order valence-corrected chi connectivity index (χ2v) is 7.72. The number of hydrogen-bond acceptors (Lipinski definition) is 4. The van der Waals surface area contributed by atoms with Crippen LogP contribution in [0.4, 0.5) is 5.69 Å². The van der Waals surface area contributed by atoms with Gasteiger partial charge >= 0.3 is 0 Å². The van der Waals surface area contributed by atoms with Gasteiger partial charge in [-0.25, -0.2) is 0 Å². The van der Waals surface area contributed by atoms with Gasteiger partial charge in [0.15, 0.2) is 0 Å². The Balaban J connectivity index is 2.16. The van der Waals surface area contributed by atoms with Crippen LogP contribution in [0.25, 0.3) is 0 Å². The first-order valence-electron chi connectivity index (χ1n) is 8.85. The second kappa shape index (κ2) is 9.71. The van der Waals surface area contributed by atoms with E-state index in [-0.39, 0.29) is 34.6 Å². The molecule has 0 aromatic heterocycles. The maximum Gasteiger partial charge on any atom is 0.270 e. The minimum absolute atomic E-state index is 0.0592. The lowest BCUT2D eigenvalue weighted by molar-refractivity contribution is -0.384. The average molecular weight is 438 g/mol. The Morgan fingerprint density at radius 3 is 2.34 bits per heavy atom. The highest BCUT2D eigenvalue weighted by Gasteiger charge is 2.28. The van der Waals surface area contributed by atoms with Crippen molar-refractivity contribution < 1.29 is 14.5 Å². The van der Waals surface area contributed by atoms with Gasteiger partial charge in [0.25, 0.3) is 11.6 Å². The molecular weight excluding hydrogens is 417 g/mol. The van der Waals surface area contributed by atoms with Gasteiger partial charge in [-0.3, -0.25) is 19.7 Å². The van der Waals surface area contributed by atoms with Crippen molar-refractivity contribution in [2.24, 2.45) is 5.92 Å². The minimum Gasteiger partial charge on any atom is -0.340 e. The average Bonchev–Trinajstić information content (AvgIpc) is 2.66. The van der Waals surface area contributed by atoms with Gasteiger partial charge in [0.05, 0.1) is 15.5 Å². The third-order valence-electron chi connectivity index (χ3n) is 4.37. The molecule has 2 aromatic rings. The summed E-state index contributed by atoms with van der Waals surface area (Å²) in [6.07, 6.45) is 0. The van der Waals surface area contributed by atoms with E-state index in [1.807, 2.05) is 26.0 Å². The topological polar surface area (TPSA) is 92.5 Å². The number of amides is 2. The first-order valence-corrected chi connectivity index (χ1v) is 9.60. The molecule has 0 radical (unpaired) electrons. The summed E-state index contributed by atoms with van der Waals surface area (Å²) in [6, 6.07) is 9.96. The van der Waals surface area contributed by atoms with Crippen molar-refractivity contribution in [2.75, 3.05) is 7.05 Å². The standard InChI is InChI=1S/C20H21Cl2N3O4/c1-12(2)18(20(27)24(3)11-13-6-4-5-7-16(13)21)23-19(26)15-9-8-14(25(28)29)10-17(15)22/h4-10,12,18H,11H2,1-3H3,(H,23,26). The molecule has 0 bridgehead atoms. The van der Waals surface area contributed by atoms with Crippen LogP contribution < -0.4 is 5.32 Å². The molecule has 1 N–H and O–H groups in total. The van der Waals surface area contributed by atoms with E-state index in [4.69, 9.17) is 23.2 Å². The van der Waals surface area contributed by atoms with Crippen molar-refractivity contribution in [1.82, 2.24) is 10.2 Å². The molecule has 2 aromatic carbocycles. The molecule has 0 saturated carbocycles. The van der Waals surface area contributed by atoms with Crippen LogP contribution in [-0.2, 0) is 11.3 Å². The van der Waals surface area contributed by atoms with Crippen molar-refractivity contribution in [3.05, 3.63) is 73.8 Å². The van der Waals surface area contributed by atoms with Gasteiger partial charge in [-0.1, -0.05) is 55.2 Å². The zero-order valence-electron chi connectivity index (χ0n) is 16.2.